The molecule has 4 aliphatic carbocycles. The van der Waals surface area contributed by atoms with Crippen molar-refractivity contribution in [2.24, 2.45) is 38.9 Å². The van der Waals surface area contributed by atoms with Gasteiger partial charge >= 0.3 is 0 Å². The topological polar surface area (TPSA) is 0 Å². The van der Waals surface area contributed by atoms with E-state index in [1.165, 1.54) is 82.6 Å². The Labute approximate surface area is 188 Å². The van der Waals surface area contributed by atoms with E-state index in [4.69, 9.17) is 0 Å². The fourth-order valence-corrected chi connectivity index (χ4v) is 9.54. The van der Waals surface area contributed by atoms with Crippen LogP contribution in [0.25, 0.3) is 0 Å². The highest BCUT2D eigenvalue weighted by Crippen LogP contribution is 2.73. The van der Waals surface area contributed by atoms with Crippen LogP contribution in [0.3, 0.4) is 0 Å². The lowest BCUT2D eigenvalue weighted by Crippen LogP contribution is -2.61. The molecular weight excluding hydrogens is 360 g/mol. The van der Waals surface area contributed by atoms with Crippen molar-refractivity contribution in [3.8, 4) is 0 Å². The molecule has 0 heterocycles. The zero-order valence-corrected chi connectivity index (χ0v) is 21.4. The molecule has 0 aliphatic heterocycles. The van der Waals surface area contributed by atoms with Gasteiger partial charge in [0, 0.05) is 0 Å². The van der Waals surface area contributed by atoms with Crippen molar-refractivity contribution >= 4 is 0 Å². The first-order valence-electron chi connectivity index (χ1n) is 13.2. The van der Waals surface area contributed by atoms with Crippen molar-refractivity contribution in [2.45, 2.75) is 126 Å². The molecule has 0 spiro atoms. The second-order valence-corrected chi connectivity index (χ2v) is 14.0. The largest absolute Gasteiger partial charge is 0.100 e. The summed E-state index contributed by atoms with van der Waals surface area (Å²) in [7, 11) is 0. The summed E-state index contributed by atoms with van der Waals surface area (Å²) in [5.74, 6) is 1.80. The van der Waals surface area contributed by atoms with Gasteiger partial charge in [-0.3, -0.25) is 0 Å². The van der Waals surface area contributed by atoms with E-state index in [1.807, 2.05) is 5.57 Å². The molecule has 0 nitrogen and oxygen atoms in total. The Balaban J connectivity index is 1.61. The SMILES string of the molecule is C=C(C)CCC[C@]1(C)CC[C@]2(C)C(=CC[C@@H]3[C@@]4(C)CCCC(C)(C)[C@@H]4CC[C@]32C)C1. The second kappa shape index (κ2) is 7.25. The van der Waals surface area contributed by atoms with Crippen molar-refractivity contribution in [2.75, 3.05) is 0 Å². The van der Waals surface area contributed by atoms with Crippen LogP contribution in [0.1, 0.15) is 126 Å². The maximum atomic E-state index is 4.13. The Bertz CT molecular complexity index is 724. The molecule has 0 N–H and O–H groups in total. The summed E-state index contributed by atoms with van der Waals surface area (Å²) in [6.07, 6.45) is 19.5. The van der Waals surface area contributed by atoms with Crippen LogP contribution in [0, 0.1) is 38.9 Å². The van der Waals surface area contributed by atoms with Gasteiger partial charge in [0.2, 0.25) is 0 Å². The van der Waals surface area contributed by atoms with Gasteiger partial charge in [0.1, 0.15) is 0 Å². The zero-order chi connectivity index (χ0) is 22.0. The molecular formula is C30H50. The van der Waals surface area contributed by atoms with E-state index in [1.54, 1.807) is 0 Å². The summed E-state index contributed by atoms with van der Waals surface area (Å²) >= 11 is 0. The fourth-order valence-electron chi connectivity index (χ4n) is 9.54. The van der Waals surface area contributed by atoms with Crippen LogP contribution in [-0.4, -0.2) is 0 Å². The number of rotatable bonds is 4. The highest BCUT2D eigenvalue weighted by atomic mass is 14.7. The lowest BCUT2D eigenvalue weighted by Gasteiger charge is -2.69. The molecule has 30 heavy (non-hydrogen) atoms. The normalized spacial score (nSPS) is 47.5. The Morgan fingerprint density at radius 2 is 1.70 bits per heavy atom. The minimum atomic E-state index is 0.430. The highest BCUT2D eigenvalue weighted by Gasteiger charge is 2.65. The summed E-state index contributed by atoms with van der Waals surface area (Å²) < 4.78 is 0. The Morgan fingerprint density at radius 1 is 0.967 bits per heavy atom. The molecule has 4 rings (SSSR count). The van der Waals surface area contributed by atoms with Crippen LogP contribution in [0.5, 0.6) is 0 Å². The predicted octanol–water partition coefficient (Wildman–Crippen LogP) is 9.51. The van der Waals surface area contributed by atoms with Crippen molar-refractivity contribution in [3.05, 3.63) is 23.8 Å². The van der Waals surface area contributed by atoms with E-state index in [2.05, 4.69) is 61.1 Å². The first-order valence-corrected chi connectivity index (χ1v) is 13.2. The molecule has 0 radical (unpaired) electrons. The van der Waals surface area contributed by atoms with Gasteiger partial charge in [0.25, 0.3) is 0 Å². The predicted molar refractivity (Wildman–Crippen MR) is 131 cm³/mol. The molecule has 170 valence electrons. The molecule has 3 saturated carbocycles. The Morgan fingerprint density at radius 3 is 2.40 bits per heavy atom. The minimum absolute atomic E-state index is 0.430. The fraction of sp³-hybridized carbons (Fsp3) is 0.867. The molecule has 0 aromatic rings. The summed E-state index contributed by atoms with van der Waals surface area (Å²) in [4.78, 5) is 0. The van der Waals surface area contributed by atoms with Gasteiger partial charge in [0.15, 0.2) is 0 Å². The van der Waals surface area contributed by atoms with Crippen LogP contribution >= 0.6 is 0 Å². The maximum absolute atomic E-state index is 4.13. The smallest absolute Gasteiger partial charge is 0.00593 e. The lowest BCUT2D eigenvalue weighted by molar-refractivity contribution is -0.172. The van der Waals surface area contributed by atoms with Crippen molar-refractivity contribution < 1.29 is 0 Å². The minimum Gasteiger partial charge on any atom is -0.100 e. The highest BCUT2D eigenvalue weighted by molar-refractivity contribution is 5.30. The van der Waals surface area contributed by atoms with E-state index in [0.29, 0.717) is 27.1 Å². The van der Waals surface area contributed by atoms with E-state index < -0.39 is 0 Å². The average molecular weight is 411 g/mol. The summed E-state index contributed by atoms with van der Waals surface area (Å²) in [6.45, 7) is 22.2. The van der Waals surface area contributed by atoms with Crippen LogP contribution < -0.4 is 0 Å². The molecule has 0 heteroatoms. The molecule has 0 unspecified atom stereocenters. The van der Waals surface area contributed by atoms with Crippen molar-refractivity contribution in [1.82, 2.24) is 0 Å². The van der Waals surface area contributed by atoms with Crippen molar-refractivity contribution in [1.29, 1.82) is 0 Å². The monoisotopic (exact) mass is 410 g/mol. The molecule has 0 aromatic carbocycles. The zero-order valence-electron chi connectivity index (χ0n) is 21.4. The molecule has 0 saturated heterocycles. The van der Waals surface area contributed by atoms with Crippen LogP contribution in [0.15, 0.2) is 23.8 Å². The molecule has 6 atom stereocenters. The van der Waals surface area contributed by atoms with E-state index >= 15 is 0 Å². The van der Waals surface area contributed by atoms with E-state index in [9.17, 15) is 0 Å². The third-order valence-electron chi connectivity index (χ3n) is 11.6. The van der Waals surface area contributed by atoms with Gasteiger partial charge < -0.3 is 0 Å². The number of fused-ring (bicyclic) bond motifs is 5. The van der Waals surface area contributed by atoms with Gasteiger partial charge in [-0.25, -0.2) is 0 Å². The second-order valence-electron chi connectivity index (χ2n) is 14.0. The standard InChI is InChI=1S/C30H50/c1-22(2)11-9-16-27(5)19-20-29(7)23(21-27)12-13-25-28(6)17-10-15-26(3,4)24(28)14-18-30(25,29)8/h12,24-25H,1,9-11,13-21H2,2-8H3/t24-,25+,27+,28-,29+,30+/m0/s1. The van der Waals surface area contributed by atoms with Crippen molar-refractivity contribution in [3.63, 3.8) is 0 Å². The molecule has 4 aliphatic rings. The van der Waals surface area contributed by atoms with Crippen LogP contribution in [-0.2, 0) is 0 Å². The summed E-state index contributed by atoms with van der Waals surface area (Å²) in [5, 5.41) is 0. The average Bonchev–Trinajstić information content (AvgIpc) is 2.62. The Hall–Kier alpha value is -0.520. The number of hydrogen-bond acceptors (Lipinski definition) is 0. The summed E-state index contributed by atoms with van der Waals surface area (Å²) in [6, 6.07) is 0. The first kappa shape index (κ1) is 22.7. The molecule has 0 amide bonds. The summed E-state index contributed by atoms with van der Waals surface area (Å²) in [5.41, 5.74) is 5.72. The van der Waals surface area contributed by atoms with E-state index in [-0.39, 0.29) is 0 Å². The van der Waals surface area contributed by atoms with Gasteiger partial charge in [-0.05, 0) is 116 Å². The number of hydrogen-bond donors (Lipinski definition) is 0. The van der Waals surface area contributed by atoms with E-state index in [0.717, 1.165) is 11.8 Å². The third kappa shape index (κ3) is 3.29. The molecule has 0 aromatic heterocycles. The van der Waals surface area contributed by atoms with Gasteiger partial charge in [0.05, 0.1) is 0 Å². The molecule has 3 fully saturated rings. The number of allylic oxidation sites excluding steroid dienone is 3. The molecule has 0 bridgehead atoms. The Kier molecular flexibility index (Phi) is 5.47. The maximum Gasteiger partial charge on any atom is -0.00593 e. The van der Waals surface area contributed by atoms with Crippen LogP contribution in [0.4, 0.5) is 0 Å². The first-order chi connectivity index (χ1) is 13.9. The van der Waals surface area contributed by atoms with Gasteiger partial charge in [-0.15, -0.1) is 6.58 Å². The van der Waals surface area contributed by atoms with Gasteiger partial charge in [-0.2, -0.15) is 0 Å². The quantitative estimate of drug-likeness (QED) is 0.405. The van der Waals surface area contributed by atoms with Crippen LogP contribution in [0.2, 0.25) is 0 Å². The lowest BCUT2D eigenvalue weighted by atomic mass is 9.35. The van der Waals surface area contributed by atoms with Gasteiger partial charge in [-0.1, -0.05) is 65.2 Å². The third-order valence-corrected chi connectivity index (χ3v) is 11.6.